The Labute approximate surface area is 132 Å². The topological polar surface area (TPSA) is 91.4 Å². The standard InChI is InChI=1S/C16H18N2O5/c1-10(2)15(9-23-11(3)19)17-8-7-12-13(16(17)20)5-4-6-14(12)18(21)22/h4-8,10,15H,9H2,1-3H3/t15-/m0/s1. The van der Waals surface area contributed by atoms with Gasteiger partial charge in [0.1, 0.15) is 6.61 Å². The number of fused-ring (bicyclic) bond motifs is 1. The van der Waals surface area contributed by atoms with Gasteiger partial charge in [-0.05, 0) is 18.1 Å². The van der Waals surface area contributed by atoms with Crippen molar-refractivity contribution in [2.24, 2.45) is 5.92 Å². The fraction of sp³-hybridized carbons (Fsp3) is 0.375. The zero-order valence-corrected chi connectivity index (χ0v) is 13.2. The Hall–Kier alpha value is -2.70. The summed E-state index contributed by atoms with van der Waals surface area (Å²) in [4.78, 5) is 34.3. The van der Waals surface area contributed by atoms with E-state index in [9.17, 15) is 19.7 Å². The van der Waals surface area contributed by atoms with Gasteiger partial charge in [0.2, 0.25) is 0 Å². The smallest absolute Gasteiger partial charge is 0.302 e. The SMILES string of the molecule is CC(=O)OC[C@@H](C(C)C)n1ccc2c([N+](=O)[O-])cccc2c1=O. The van der Waals surface area contributed by atoms with Gasteiger partial charge in [-0.2, -0.15) is 0 Å². The minimum atomic E-state index is -0.509. The summed E-state index contributed by atoms with van der Waals surface area (Å²) in [5.74, 6) is -0.372. The molecule has 1 heterocycles. The van der Waals surface area contributed by atoms with Crippen LogP contribution in [0.3, 0.4) is 0 Å². The lowest BCUT2D eigenvalue weighted by atomic mass is 10.0. The number of esters is 1. The Morgan fingerprint density at radius 1 is 1.30 bits per heavy atom. The molecule has 0 amide bonds. The van der Waals surface area contributed by atoms with E-state index in [2.05, 4.69) is 0 Å². The molecule has 0 spiro atoms. The van der Waals surface area contributed by atoms with E-state index in [0.717, 1.165) is 0 Å². The highest BCUT2D eigenvalue weighted by Gasteiger charge is 2.21. The first-order valence-corrected chi connectivity index (χ1v) is 7.24. The fourth-order valence-corrected chi connectivity index (χ4v) is 2.49. The second-order valence-electron chi connectivity index (χ2n) is 5.64. The van der Waals surface area contributed by atoms with E-state index < -0.39 is 10.9 Å². The molecule has 0 saturated heterocycles. The highest BCUT2D eigenvalue weighted by atomic mass is 16.6. The summed E-state index contributed by atoms with van der Waals surface area (Å²) in [6, 6.07) is 5.63. The minimum Gasteiger partial charge on any atom is -0.464 e. The molecule has 23 heavy (non-hydrogen) atoms. The molecule has 7 nitrogen and oxygen atoms in total. The molecule has 0 bridgehead atoms. The molecule has 0 N–H and O–H groups in total. The molecule has 0 aliphatic rings. The van der Waals surface area contributed by atoms with Crippen molar-refractivity contribution in [3.05, 3.63) is 50.9 Å². The van der Waals surface area contributed by atoms with E-state index in [1.165, 1.54) is 29.8 Å². The van der Waals surface area contributed by atoms with Gasteiger partial charge in [0.05, 0.1) is 21.7 Å². The minimum absolute atomic E-state index is 0.0446. The van der Waals surface area contributed by atoms with E-state index in [4.69, 9.17) is 4.74 Å². The molecule has 2 rings (SSSR count). The summed E-state index contributed by atoms with van der Waals surface area (Å²) in [7, 11) is 0. The van der Waals surface area contributed by atoms with Gasteiger partial charge >= 0.3 is 5.97 Å². The van der Waals surface area contributed by atoms with Crippen LogP contribution in [-0.2, 0) is 9.53 Å². The number of ether oxygens (including phenoxy) is 1. The first-order valence-electron chi connectivity index (χ1n) is 7.24. The number of nitrogens with zero attached hydrogens (tertiary/aromatic N) is 2. The first kappa shape index (κ1) is 16.7. The summed E-state index contributed by atoms with van der Waals surface area (Å²) in [6.07, 6.45) is 1.52. The van der Waals surface area contributed by atoms with Crippen LogP contribution in [0.1, 0.15) is 26.8 Å². The van der Waals surface area contributed by atoms with Crippen molar-refractivity contribution in [2.75, 3.05) is 6.61 Å². The summed E-state index contributed by atoms with van der Waals surface area (Å²) >= 11 is 0. The lowest BCUT2D eigenvalue weighted by Gasteiger charge is -2.23. The number of hydrogen-bond donors (Lipinski definition) is 0. The molecule has 0 aliphatic heterocycles. The maximum absolute atomic E-state index is 12.7. The van der Waals surface area contributed by atoms with Crippen molar-refractivity contribution >= 4 is 22.4 Å². The zero-order chi connectivity index (χ0) is 17.1. The lowest BCUT2D eigenvalue weighted by molar-refractivity contribution is -0.383. The van der Waals surface area contributed by atoms with Crippen LogP contribution in [0.4, 0.5) is 5.69 Å². The fourth-order valence-electron chi connectivity index (χ4n) is 2.49. The zero-order valence-electron chi connectivity index (χ0n) is 13.2. The Balaban J connectivity index is 2.57. The number of non-ortho nitro benzene ring substituents is 1. The predicted molar refractivity (Wildman–Crippen MR) is 85.4 cm³/mol. The highest BCUT2D eigenvalue weighted by Crippen LogP contribution is 2.24. The van der Waals surface area contributed by atoms with E-state index in [1.807, 2.05) is 13.8 Å². The van der Waals surface area contributed by atoms with Crippen LogP contribution in [0.2, 0.25) is 0 Å². The van der Waals surface area contributed by atoms with Crippen molar-refractivity contribution in [3.63, 3.8) is 0 Å². The first-order chi connectivity index (χ1) is 10.8. The maximum atomic E-state index is 12.7. The summed E-state index contributed by atoms with van der Waals surface area (Å²) < 4.78 is 6.51. The highest BCUT2D eigenvalue weighted by molar-refractivity contribution is 5.89. The third-order valence-corrected chi connectivity index (χ3v) is 3.73. The van der Waals surface area contributed by atoms with Crippen LogP contribution in [-0.4, -0.2) is 22.1 Å². The Kier molecular flexibility index (Phi) is 4.78. The number of aromatic nitrogens is 1. The van der Waals surface area contributed by atoms with Gasteiger partial charge in [-0.3, -0.25) is 19.7 Å². The second kappa shape index (κ2) is 6.60. The Morgan fingerprint density at radius 2 is 2.00 bits per heavy atom. The molecule has 0 radical (unpaired) electrons. The van der Waals surface area contributed by atoms with Crippen molar-refractivity contribution < 1.29 is 14.5 Å². The van der Waals surface area contributed by atoms with Gasteiger partial charge in [-0.15, -0.1) is 0 Å². The number of carbonyl (C=O) groups excluding carboxylic acids is 1. The third kappa shape index (κ3) is 3.39. The summed E-state index contributed by atoms with van der Waals surface area (Å²) in [5.41, 5.74) is -0.440. The van der Waals surface area contributed by atoms with Gasteiger partial charge in [0.15, 0.2) is 0 Å². The largest absolute Gasteiger partial charge is 0.464 e. The lowest BCUT2D eigenvalue weighted by Crippen LogP contribution is -2.31. The van der Waals surface area contributed by atoms with Gasteiger partial charge in [0.25, 0.3) is 11.2 Å². The number of carbonyl (C=O) groups is 1. The van der Waals surface area contributed by atoms with Crippen LogP contribution in [0.5, 0.6) is 0 Å². The van der Waals surface area contributed by atoms with Crippen LogP contribution in [0.15, 0.2) is 35.3 Å². The van der Waals surface area contributed by atoms with Crippen LogP contribution < -0.4 is 5.56 Å². The molecule has 1 aromatic heterocycles. The Bertz CT molecular complexity index is 810. The van der Waals surface area contributed by atoms with E-state index in [0.29, 0.717) is 5.39 Å². The molecule has 2 aromatic rings. The second-order valence-corrected chi connectivity index (χ2v) is 5.64. The van der Waals surface area contributed by atoms with Gasteiger partial charge < -0.3 is 9.30 Å². The molecule has 0 unspecified atom stereocenters. The molecule has 0 saturated carbocycles. The molecule has 7 heteroatoms. The van der Waals surface area contributed by atoms with Crippen molar-refractivity contribution in [1.29, 1.82) is 0 Å². The molecular weight excluding hydrogens is 300 g/mol. The van der Waals surface area contributed by atoms with Crippen molar-refractivity contribution in [2.45, 2.75) is 26.8 Å². The van der Waals surface area contributed by atoms with Gasteiger partial charge in [0, 0.05) is 19.2 Å². The van der Waals surface area contributed by atoms with Gasteiger partial charge in [-0.1, -0.05) is 19.9 Å². The molecular formula is C16H18N2O5. The van der Waals surface area contributed by atoms with Crippen molar-refractivity contribution in [1.82, 2.24) is 4.57 Å². The number of hydrogen-bond acceptors (Lipinski definition) is 5. The van der Waals surface area contributed by atoms with Crippen LogP contribution in [0, 0.1) is 16.0 Å². The number of nitro groups is 1. The molecule has 0 aliphatic carbocycles. The summed E-state index contributed by atoms with van der Waals surface area (Å²) in [5, 5.41) is 11.6. The molecule has 0 fully saturated rings. The summed E-state index contributed by atoms with van der Waals surface area (Å²) in [6.45, 7) is 5.22. The van der Waals surface area contributed by atoms with Crippen molar-refractivity contribution in [3.8, 4) is 0 Å². The number of benzene rings is 1. The maximum Gasteiger partial charge on any atom is 0.302 e. The number of nitro benzene ring substituents is 1. The molecule has 122 valence electrons. The average Bonchev–Trinajstić information content (AvgIpc) is 2.48. The van der Waals surface area contributed by atoms with E-state index in [-0.39, 0.29) is 35.2 Å². The molecule has 1 atom stereocenters. The average molecular weight is 318 g/mol. The normalized spacial score (nSPS) is 12.3. The van der Waals surface area contributed by atoms with E-state index in [1.54, 1.807) is 12.1 Å². The van der Waals surface area contributed by atoms with E-state index >= 15 is 0 Å². The monoisotopic (exact) mass is 318 g/mol. The van der Waals surface area contributed by atoms with Crippen LogP contribution in [0.25, 0.3) is 10.8 Å². The third-order valence-electron chi connectivity index (χ3n) is 3.73. The predicted octanol–water partition coefficient (Wildman–Crippen LogP) is 2.67. The van der Waals surface area contributed by atoms with Gasteiger partial charge in [-0.25, -0.2) is 0 Å². The molecule has 1 aromatic carbocycles. The Morgan fingerprint density at radius 3 is 2.57 bits per heavy atom. The van der Waals surface area contributed by atoms with Crippen LogP contribution >= 0.6 is 0 Å². The number of rotatable bonds is 5. The number of pyridine rings is 1. The quantitative estimate of drug-likeness (QED) is 0.480.